The van der Waals surface area contributed by atoms with E-state index in [1.165, 1.54) is 31.5 Å². The van der Waals surface area contributed by atoms with Gasteiger partial charge in [-0.15, -0.1) is 0 Å². The number of carbonyl (C=O) groups is 2. The van der Waals surface area contributed by atoms with E-state index >= 15 is 0 Å². The molecule has 0 amide bonds. The van der Waals surface area contributed by atoms with Gasteiger partial charge in [0.1, 0.15) is 0 Å². The first-order chi connectivity index (χ1) is 12.5. The lowest BCUT2D eigenvalue weighted by atomic mass is 9.98. The Morgan fingerprint density at radius 1 is 0.923 bits per heavy atom. The maximum Gasteiger partial charge on any atom is 0.303 e. The first-order valence-corrected chi connectivity index (χ1v) is 9.24. The number of rotatable bonds is 7. The molecule has 1 aliphatic heterocycles. The van der Waals surface area contributed by atoms with E-state index in [0.29, 0.717) is 11.6 Å². The monoisotopic (exact) mass is 351 g/mol. The summed E-state index contributed by atoms with van der Waals surface area (Å²) in [6, 6.07) is 16.5. The van der Waals surface area contributed by atoms with Crippen LogP contribution >= 0.6 is 0 Å². The molecule has 0 aromatic heterocycles. The first-order valence-electron chi connectivity index (χ1n) is 9.24. The Balaban J connectivity index is 1.67. The van der Waals surface area contributed by atoms with Gasteiger partial charge in [-0.05, 0) is 49.5 Å². The van der Waals surface area contributed by atoms with Crippen molar-refractivity contribution >= 4 is 11.8 Å². The summed E-state index contributed by atoms with van der Waals surface area (Å²) in [5.74, 6) is -1.08. The van der Waals surface area contributed by atoms with Gasteiger partial charge in [0.05, 0.1) is 6.42 Å². The molecule has 4 nitrogen and oxygen atoms in total. The molecule has 0 bridgehead atoms. The van der Waals surface area contributed by atoms with Crippen LogP contribution in [0.4, 0.5) is 0 Å². The Labute approximate surface area is 154 Å². The summed E-state index contributed by atoms with van der Waals surface area (Å²) in [6.45, 7) is 4.62. The van der Waals surface area contributed by atoms with Gasteiger partial charge in [0, 0.05) is 18.0 Å². The minimum Gasteiger partial charge on any atom is -0.481 e. The predicted octanol–water partition coefficient (Wildman–Crippen LogP) is 4.56. The lowest BCUT2D eigenvalue weighted by Crippen LogP contribution is -2.23. The SMILES string of the molecule is CC(c1ccc(-c2ccc(C(=O)CCC(=O)O)cc2)cc1)N1CCCC1. The highest BCUT2D eigenvalue weighted by molar-refractivity contribution is 5.97. The molecule has 1 N–H and O–H groups in total. The summed E-state index contributed by atoms with van der Waals surface area (Å²) in [6.07, 6.45) is 2.49. The summed E-state index contributed by atoms with van der Waals surface area (Å²) in [5, 5.41) is 8.68. The predicted molar refractivity (Wildman–Crippen MR) is 102 cm³/mol. The third-order valence-electron chi connectivity index (χ3n) is 5.19. The molecule has 0 radical (unpaired) electrons. The highest BCUT2D eigenvalue weighted by Gasteiger charge is 2.19. The zero-order valence-corrected chi connectivity index (χ0v) is 15.1. The number of ketones is 1. The van der Waals surface area contributed by atoms with Crippen molar-refractivity contribution in [2.75, 3.05) is 13.1 Å². The summed E-state index contributed by atoms with van der Waals surface area (Å²) in [7, 11) is 0. The molecule has 1 atom stereocenters. The third kappa shape index (κ3) is 4.38. The van der Waals surface area contributed by atoms with Gasteiger partial charge in [-0.25, -0.2) is 0 Å². The second-order valence-corrected chi connectivity index (χ2v) is 6.94. The molecular weight excluding hydrogens is 326 g/mol. The average molecular weight is 351 g/mol. The number of aliphatic carboxylic acids is 1. The molecule has 2 aromatic rings. The van der Waals surface area contributed by atoms with Crippen molar-refractivity contribution in [3.63, 3.8) is 0 Å². The maximum absolute atomic E-state index is 12.0. The number of hydrogen-bond acceptors (Lipinski definition) is 3. The van der Waals surface area contributed by atoms with Crippen LogP contribution in [0.2, 0.25) is 0 Å². The molecule has 3 rings (SSSR count). The molecule has 26 heavy (non-hydrogen) atoms. The quantitative estimate of drug-likeness (QED) is 0.743. The van der Waals surface area contributed by atoms with Gasteiger partial charge in [0.2, 0.25) is 0 Å². The van der Waals surface area contributed by atoms with Crippen molar-refractivity contribution in [2.24, 2.45) is 0 Å². The smallest absolute Gasteiger partial charge is 0.303 e. The van der Waals surface area contributed by atoms with E-state index in [0.717, 1.165) is 11.1 Å². The van der Waals surface area contributed by atoms with Gasteiger partial charge in [0.15, 0.2) is 5.78 Å². The van der Waals surface area contributed by atoms with Crippen LogP contribution in [0.5, 0.6) is 0 Å². The van der Waals surface area contributed by atoms with Crippen LogP contribution in [-0.4, -0.2) is 34.8 Å². The molecule has 1 fully saturated rings. The fraction of sp³-hybridized carbons (Fsp3) is 0.364. The molecule has 136 valence electrons. The number of Topliss-reactive ketones (excluding diaryl/α,β-unsaturated/α-hetero) is 1. The fourth-order valence-electron chi connectivity index (χ4n) is 3.51. The van der Waals surface area contributed by atoms with Crippen molar-refractivity contribution < 1.29 is 14.7 Å². The van der Waals surface area contributed by atoms with E-state index in [1.54, 1.807) is 12.1 Å². The molecule has 0 saturated carbocycles. The zero-order chi connectivity index (χ0) is 18.5. The van der Waals surface area contributed by atoms with Gasteiger partial charge < -0.3 is 5.11 Å². The van der Waals surface area contributed by atoms with E-state index in [2.05, 4.69) is 36.1 Å². The number of carboxylic acids is 1. The highest BCUT2D eigenvalue weighted by Crippen LogP contribution is 2.27. The van der Waals surface area contributed by atoms with Crippen LogP contribution in [0.1, 0.15) is 54.6 Å². The normalized spacial score (nSPS) is 15.7. The van der Waals surface area contributed by atoms with Crippen LogP contribution in [0, 0.1) is 0 Å². The molecule has 0 spiro atoms. The van der Waals surface area contributed by atoms with Crippen LogP contribution in [0.25, 0.3) is 11.1 Å². The summed E-state index contributed by atoms with van der Waals surface area (Å²) in [5.41, 5.74) is 4.07. The molecule has 1 saturated heterocycles. The largest absolute Gasteiger partial charge is 0.481 e. The average Bonchev–Trinajstić information content (AvgIpc) is 3.20. The van der Waals surface area contributed by atoms with Crippen molar-refractivity contribution in [3.05, 3.63) is 59.7 Å². The fourth-order valence-corrected chi connectivity index (χ4v) is 3.51. The number of benzene rings is 2. The summed E-state index contributed by atoms with van der Waals surface area (Å²) < 4.78 is 0. The third-order valence-corrected chi connectivity index (χ3v) is 5.19. The van der Waals surface area contributed by atoms with Crippen molar-refractivity contribution in [1.29, 1.82) is 0 Å². The molecule has 1 unspecified atom stereocenters. The molecule has 2 aromatic carbocycles. The van der Waals surface area contributed by atoms with Crippen LogP contribution < -0.4 is 0 Å². The molecular formula is C22H25NO3. The Hall–Kier alpha value is -2.46. The Kier molecular flexibility index (Phi) is 5.84. The maximum atomic E-state index is 12.0. The van der Waals surface area contributed by atoms with E-state index in [1.807, 2.05) is 12.1 Å². The van der Waals surface area contributed by atoms with Crippen molar-refractivity contribution in [2.45, 2.75) is 38.6 Å². The van der Waals surface area contributed by atoms with E-state index in [9.17, 15) is 9.59 Å². The van der Waals surface area contributed by atoms with Gasteiger partial charge >= 0.3 is 5.97 Å². The number of carboxylic acid groups (broad SMARTS) is 1. The molecule has 4 heteroatoms. The molecule has 1 aliphatic rings. The first kappa shape index (κ1) is 18.3. The van der Waals surface area contributed by atoms with Gasteiger partial charge in [-0.3, -0.25) is 14.5 Å². The Morgan fingerprint density at radius 2 is 1.46 bits per heavy atom. The summed E-state index contributed by atoms with van der Waals surface area (Å²) >= 11 is 0. The molecule has 1 heterocycles. The van der Waals surface area contributed by atoms with E-state index < -0.39 is 5.97 Å². The van der Waals surface area contributed by atoms with E-state index in [4.69, 9.17) is 5.11 Å². The van der Waals surface area contributed by atoms with Crippen LogP contribution in [0.15, 0.2) is 48.5 Å². The number of likely N-dealkylation sites (tertiary alicyclic amines) is 1. The lowest BCUT2D eigenvalue weighted by Gasteiger charge is -2.24. The molecule has 0 aliphatic carbocycles. The lowest BCUT2D eigenvalue weighted by molar-refractivity contribution is -0.136. The number of carbonyl (C=O) groups excluding carboxylic acids is 1. The van der Waals surface area contributed by atoms with Gasteiger partial charge in [-0.1, -0.05) is 48.5 Å². The van der Waals surface area contributed by atoms with Crippen molar-refractivity contribution in [1.82, 2.24) is 4.90 Å². The zero-order valence-electron chi connectivity index (χ0n) is 15.1. The minimum absolute atomic E-state index is 0.0394. The Bertz CT molecular complexity index is 759. The second kappa shape index (κ2) is 8.28. The number of hydrogen-bond donors (Lipinski definition) is 1. The summed E-state index contributed by atoms with van der Waals surface area (Å²) in [4.78, 5) is 25.1. The van der Waals surface area contributed by atoms with E-state index in [-0.39, 0.29) is 18.6 Å². The highest BCUT2D eigenvalue weighted by atomic mass is 16.4. The van der Waals surface area contributed by atoms with Gasteiger partial charge in [0.25, 0.3) is 0 Å². The Morgan fingerprint density at radius 3 is 2.00 bits per heavy atom. The topological polar surface area (TPSA) is 57.6 Å². The van der Waals surface area contributed by atoms with Crippen molar-refractivity contribution in [3.8, 4) is 11.1 Å². The minimum atomic E-state index is -0.946. The van der Waals surface area contributed by atoms with Gasteiger partial charge in [-0.2, -0.15) is 0 Å². The van der Waals surface area contributed by atoms with Crippen LogP contribution in [0.3, 0.4) is 0 Å². The number of nitrogens with zero attached hydrogens (tertiary/aromatic N) is 1. The van der Waals surface area contributed by atoms with Crippen LogP contribution in [-0.2, 0) is 4.79 Å². The second-order valence-electron chi connectivity index (χ2n) is 6.94. The standard InChI is InChI=1S/C22H25NO3/c1-16(23-14-2-3-15-23)17-4-6-18(7-5-17)19-8-10-20(11-9-19)21(24)12-13-22(25)26/h4-11,16H,2-3,12-15H2,1H3,(H,25,26).